The van der Waals surface area contributed by atoms with Crippen molar-refractivity contribution in [3.8, 4) is 17.2 Å². The Bertz CT molecular complexity index is 447. The molecule has 5 nitrogen and oxygen atoms in total. The first-order valence-corrected chi connectivity index (χ1v) is 6.99. The van der Waals surface area contributed by atoms with Gasteiger partial charge < -0.3 is 24.4 Å². The van der Waals surface area contributed by atoms with Gasteiger partial charge in [0.1, 0.15) is 12.4 Å². The molecule has 1 aliphatic heterocycles. The van der Waals surface area contributed by atoms with Gasteiger partial charge in [-0.2, -0.15) is 0 Å². The lowest BCUT2D eigenvalue weighted by molar-refractivity contribution is 0.173. The van der Waals surface area contributed by atoms with Crippen molar-refractivity contribution < 1.29 is 14.2 Å². The van der Waals surface area contributed by atoms with Crippen molar-refractivity contribution >= 4 is 0 Å². The number of hydrogen-bond donors (Lipinski definition) is 1. The molecule has 0 aliphatic carbocycles. The van der Waals surface area contributed by atoms with Crippen LogP contribution in [0.15, 0.2) is 12.1 Å². The van der Waals surface area contributed by atoms with E-state index in [0.29, 0.717) is 12.6 Å². The predicted octanol–water partition coefficient (Wildman–Crippen LogP) is 1.85. The Morgan fingerprint density at radius 1 is 1.25 bits per heavy atom. The number of ether oxygens (including phenoxy) is 3. The average Bonchev–Trinajstić information content (AvgIpc) is 2.82. The van der Waals surface area contributed by atoms with Crippen molar-refractivity contribution in [1.82, 2.24) is 10.2 Å². The molecule has 0 aromatic heterocycles. The van der Waals surface area contributed by atoms with Crippen LogP contribution >= 0.6 is 0 Å². The average molecular weight is 280 g/mol. The van der Waals surface area contributed by atoms with Crippen LogP contribution in [0.3, 0.4) is 0 Å². The van der Waals surface area contributed by atoms with Crippen LogP contribution < -0.4 is 19.5 Å². The van der Waals surface area contributed by atoms with Gasteiger partial charge in [0.25, 0.3) is 0 Å². The molecule has 1 aromatic rings. The molecule has 1 heterocycles. The van der Waals surface area contributed by atoms with Gasteiger partial charge >= 0.3 is 0 Å². The van der Waals surface area contributed by atoms with E-state index in [1.165, 1.54) is 0 Å². The second kappa shape index (κ2) is 6.81. The first-order valence-electron chi connectivity index (χ1n) is 6.99. The van der Waals surface area contributed by atoms with Gasteiger partial charge in [0, 0.05) is 30.8 Å². The minimum absolute atomic E-state index is 0.285. The molecule has 0 bridgehead atoms. The molecule has 0 saturated carbocycles. The van der Waals surface area contributed by atoms with Gasteiger partial charge in [-0.05, 0) is 20.2 Å². The van der Waals surface area contributed by atoms with Gasteiger partial charge in [0.2, 0.25) is 6.79 Å². The van der Waals surface area contributed by atoms with E-state index in [1.54, 1.807) is 0 Å². The number of likely N-dealkylation sites (N-methyl/N-ethyl adjacent to an activating group) is 1. The van der Waals surface area contributed by atoms with Crippen LogP contribution in [0.2, 0.25) is 0 Å². The van der Waals surface area contributed by atoms with E-state index in [4.69, 9.17) is 14.2 Å². The van der Waals surface area contributed by atoms with Crippen LogP contribution in [0.1, 0.15) is 19.4 Å². The Kier molecular flexibility index (Phi) is 5.09. The smallest absolute Gasteiger partial charge is 0.231 e. The van der Waals surface area contributed by atoms with Crippen molar-refractivity contribution in [2.24, 2.45) is 0 Å². The SMILES string of the molecule is CC(C)NCc1cc2c(cc1OCCN(C)C)OCO2. The Hall–Kier alpha value is -1.46. The summed E-state index contributed by atoms with van der Waals surface area (Å²) in [7, 11) is 4.06. The standard InChI is InChI=1S/C15H24N2O3/c1-11(2)16-9-12-7-14-15(20-10-19-14)8-13(12)18-6-5-17(3)4/h7-8,11,16H,5-6,9-10H2,1-4H3. The second-order valence-electron chi connectivity index (χ2n) is 5.50. The zero-order chi connectivity index (χ0) is 14.5. The number of hydrogen-bond acceptors (Lipinski definition) is 5. The quantitative estimate of drug-likeness (QED) is 0.826. The zero-order valence-electron chi connectivity index (χ0n) is 12.7. The van der Waals surface area contributed by atoms with Crippen molar-refractivity contribution in [2.45, 2.75) is 26.4 Å². The third-order valence-corrected chi connectivity index (χ3v) is 3.05. The number of nitrogens with one attached hydrogen (secondary N) is 1. The Labute approximate surface area is 120 Å². The first kappa shape index (κ1) is 14.9. The Morgan fingerprint density at radius 3 is 2.60 bits per heavy atom. The second-order valence-corrected chi connectivity index (χ2v) is 5.50. The van der Waals surface area contributed by atoms with E-state index in [1.807, 2.05) is 26.2 Å². The van der Waals surface area contributed by atoms with E-state index >= 15 is 0 Å². The molecular formula is C15H24N2O3. The van der Waals surface area contributed by atoms with Crippen LogP contribution in [-0.4, -0.2) is 45.0 Å². The lowest BCUT2D eigenvalue weighted by Crippen LogP contribution is -2.23. The number of nitrogens with zero attached hydrogens (tertiary/aromatic N) is 1. The molecule has 0 unspecified atom stereocenters. The van der Waals surface area contributed by atoms with Gasteiger partial charge in [-0.3, -0.25) is 0 Å². The molecule has 0 spiro atoms. The zero-order valence-corrected chi connectivity index (χ0v) is 12.7. The fourth-order valence-electron chi connectivity index (χ4n) is 1.89. The van der Waals surface area contributed by atoms with E-state index in [9.17, 15) is 0 Å². The lowest BCUT2D eigenvalue weighted by atomic mass is 10.1. The van der Waals surface area contributed by atoms with Gasteiger partial charge in [-0.15, -0.1) is 0 Å². The van der Waals surface area contributed by atoms with Gasteiger partial charge in [0.05, 0.1) is 0 Å². The molecule has 0 amide bonds. The van der Waals surface area contributed by atoms with Crippen LogP contribution in [-0.2, 0) is 6.54 Å². The molecule has 112 valence electrons. The molecule has 0 radical (unpaired) electrons. The van der Waals surface area contributed by atoms with Crippen molar-refractivity contribution in [3.63, 3.8) is 0 Å². The summed E-state index contributed by atoms with van der Waals surface area (Å²) in [6.45, 7) is 6.82. The molecule has 20 heavy (non-hydrogen) atoms. The molecule has 1 aromatic carbocycles. The molecule has 5 heteroatoms. The summed E-state index contributed by atoms with van der Waals surface area (Å²) in [4.78, 5) is 2.10. The summed E-state index contributed by atoms with van der Waals surface area (Å²) >= 11 is 0. The third kappa shape index (κ3) is 4.02. The molecule has 1 aliphatic rings. The minimum atomic E-state index is 0.285. The van der Waals surface area contributed by atoms with Crippen LogP contribution in [0.4, 0.5) is 0 Å². The van der Waals surface area contributed by atoms with Crippen LogP contribution in [0, 0.1) is 0 Å². The van der Waals surface area contributed by atoms with Crippen molar-refractivity contribution in [1.29, 1.82) is 0 Å². The molecular weight excluding hydrogens is 256 g/mol. The summed E-state index contributed by atoms with van der Waals surface area (Å²) in [5.41, 5.74) is 1.10. The van der Waals surface area contributed by atoms with Crippen LogP contribution in [0.25, 0.3) is 0 Å². The van der Waals surface area contributed by atoms with Crippen LogP contribution in [0.5, 0.6) is 17.2 Å². The fourth-order valence-corrected chi connectivity index (χ4v) is 1.89. The minimum Gasteiger partial charge on any atom is -0.492 e. The Balaban J connectivity index is 2.09. The summed E-state index contributed by atoms with van der Waals surface area (Å²) in [5, 5.41) is 3.41. The molecule has 0 saturated heterocycles. The maximum atomic E-state index is 5.89. The van der Waals surface area contributed by atoms with E-state index in [0.717, 1.165) is 35.9 Å². The molecule has 1 N–H and O–H groups in total. The topological polar surface area (TPSA) is 43.0 Å². The monoisotopic (exact) mass is 280 g/mol. The predicted molar refractivity (Wildman–Crippen MR) is 78.6 cm³/mol. The summed E-state index contributed by atoms with van der Waals surface area (Å²) in [6, 6.07) is 4.35. The lowest BCUT2D eigenvalue weighted by Gasteiger charge is -2.16. The highest BCUT2D eigenvalue weighted by Crippen LogP contribution is 2.38. The maximum Gasteiger partial charge on any atom is 0.231 e. The summed E-state index contributed by atoms with van der Waals surface area (Å²) < 4.78 is 16.7. The van der Waals surface area contributed by atoms with Gasteiger partial charge in [-0.25, -0.2) is 0 Å². The van der Waals surface area contributed by atoms with Gasteiger partial charge in [0.15, 0.2) is 11.5 Å². The number of fused-ring (bicyclic) bond motifs is 1. The third-order valence-electron chi connectivity index (χ3n) is 3.05. The largest absolute Gasteiger partial charge is 0.492 e. The molecule has 2 rings (SSSR count). The highest BCUT2D eigenvalue weighted by molar-refractivity contribution is 5.51. The van der Waals surface area contributed by atoms with E-state index < -0.39 is 0 Å². The summed E-state index contributed by atoms with van der Waals surface area (Å²) in [5.74, 6) is 2.42. The Morgan fingerprint density at radius 2 is 1.95 bits per heavy atom. The van der Waals surface area contributed by atoms with E-state index in [-0.39, 0.29) is 6.79 Å². The molecule has 0 fully saturated rings. The fraction of sp³-hybridized carbons (Fsp3) is 0.600. The summed E-state index contributed by atoms with van der Waals surface area (Å²) in [6.07, 6.45) is 0. The highest BCUT2D eigenvalue weighted by Gasteiger charge is 2.18. The molecule has 0 atom stereocenters. The maximum absolute atomic E-state index is 5.89. The number of benzene rings is 1. The van der Waals surface area contributed by atoms with Crippen molar-refractivity contribution in [3.05, 3.63) is 17.7 Å². The highest BCUT2D eigenvalue weighted by atomic mass is 16.7. The normalized spacial score (nSPS) is 13.3. The number of rotatable bonds is 7. The van der Waals surface area contributed by atoms with Gasteiger partial charge in [-0.1, -0.05) is 13.8 Å². The van der Waals surface area contributed by atoms with E-state index in [2.05, 4.69) is 24.1 Å². The van der Waals surface area contributed by atoms with Crippen molar-refractivity contribution in [2.75, 3.05) is 34.0 Å². The first-order chi connectivity index (χ1) is 9.56.